The minimum Gasteiger partial charge on any atom is -0.471 e. The van der Waals surface area contributed by atoms with Crippen LogP contribution in [-0.2, 0) is 30.5 Å². The summed E-state index contributed by atoms with van der Waals surface area (Å²) in [5, 5.41) is 8.93. The van der Waals surface area contributed by atoms with Crippen molar-refractivity contribution >= 4 is 24.7 Å². The van der Waals surface area contributed by atoms with Crippen LogP contribution in [0, 0.1) is 6.92 Å². The van der Waals surface area contributed by atoms with Crippen molar-refractivity contribution in [3.05, 3.63) is 35.4 Å². The van der Waals surface area contributed by atoms with Gasteiger partial charge in [-0.2, -0.15) is 0 Å². The van der Waals surface area contributed by atoms with Crippen molar-refractivity contribution < 1.29 is 23.9 Å². The molecular formula is C28H48N4O5. The van der Waals surface area contributed by atoms with E-state index in [2.05, 4.69) is 26.8 Å². The summed E-state index contributed by atoms with van der Waals surface area (Å²) < 4.78 is 3.86. The summed E-state index contributed by atoms with van der Waals surface area (Å²) in [6.45, 7) is 10.7. The first-order valence-corrected chi connectivity index (χ1v) is 13.3. The lowest BCUT2D eigenvalue weighted by Gasteiger charge is -2.26. The van der Waals surface area contributed by atoms with E-state index >= 15 is 0 Å². The van der Waals surface area contributed by atoms with Gasteiger partial charge in [-0.1, -0.05) is 56.5 Å². The van der Waals surface area contributed by atoms with Crippen LogP contribution in [0.4, 0.5) is 0 Å². The van der Waals surface area contributed by atoms with E-state index in [9.17, 15) is 14.4 Å². The highest BCUT2D eigenvalue weighted by molar-refractivity contribution is 5.84. The van der Waals surface area contributed by atoms with Crippen molar-refractivity contribution in [3.63, 3.8) is 0 Å². The molecule has 0 aliphatic carbocycles. The van der Waals surface area contributed by atoms with Gasteiger partial charge in [0.05, 0.1) is 13.2 Å². The third-order valence-corrected chi connectivity index (χ3v) is 6.26. The highest BCUT2D eigenvalue weighted by atomic mass is 16.5. The molecule has 9 nitrogen and oxygen atoms in total. The minimum absolute atomic E-state index is 0.0115. The number of methoxy groups -OCH3 is 1. The van der Waals surface area contributed by atoms with Crippen LogP contribution >= 0.6 is 0 Å². The van der Waals surface area contributed by atoms with E-state index in [4.69, 9.17) is 4.79 Å². The Kier molecular flexibility index (Phi) is 18.6. The molecule has 0 saturated carbocycles. The average molecular weight is 521 g/mol. The van der Waals surface area contributed by atoms with Crippen LogP contribution < -0.4 is 16.0 Å². The van der Waals surface area contributed by atoms with Crippen molar-refractivity contribution in [2.75, 3.05) is 14.2 Å². The van der Waals surface area contributed by atoms with Gasteiger partial charge in [0.25, 0.3) is 6.47 Å². The highest BCUT2D eigenvalue weighted by Gasteiger charge is 2.36. The molecule has 0 spiro atoms. The second-order valence-electron chi connectivity index (χ2n) is 9.04. The number of hydrogen-bond acceptors (Lipinski definition) is 6. The number of aryl methyl sites for hydroxylation is 1. The van der Waals surface area contributed by atoms with Crippen LogP contribution in [0.5, 0.6) is 0 Å². The topological polar surface area (TPSA) is 117 Å². The first-order chi connectivity index (χ1) is 17.8. The Morgan fingerprint density at radius 3 is 2.41 bits per heavy atom. The average Bonchev–Trinajstić information content (AvgIpc) is 3.33. The molecule has 3 N–H and O–H groups in total. The van der Waals surface area contributed by atoms with Gasteiger partial charge in [0.1, 0.15) is 6.04 Å². The van der Waals surface area contributed by atoms with E-state index in [-0.39, 0.29) is 36.0 Å². The zero-order valence-corrected chi connectivity index (χ0v) is 23.7. The number of likely N-dealkylation sites (N-methyl/N-ethyl adjacent to an activating group) is 1. The molecule has 37 heavy (non-hydrogen) atoms. The van der Waals surface area contributed by atoms with Crippen molar-refractivity contribution in [3.8, 4) is 0 Å². The number of carbonyl (C=O) groups excluding carboxylic acids is 4. The van der Waals surface area contributed by atoms with Crippen LogP contribution in [0.2, 0.25) is 0 Å². The Hall–Kier alpha value is -2.94. The molecule has 2 rings (SSSR count). The summed E-state index contributed by atoms with van der Waals surface area (Å²) in [5.41, 5.74) is 2.22. The second-order valence-corrected chi connectivity index (χ2v) is 9.04. The normalized spacial score (nSPS) is 17.6. The summed E-state index contributed by atoms with van der Waals surface area (Å²) >= 11 is 0. The van der Waals surface area contributed by atoms with Gasteiger partial charge in [-0.3, -0.25) is 19.2 Å². The third kappa shape index (κ3) is 13.3. The molecule has 1 fully saturated rings. The van der Waals surface area contributed by atoms with E-state index < -0.39 is 0 Å². The van der Waals surface area contributed by atoms with E-state index in [1.54, 1.807) is 11.9 Å². The molecule has 1 aliphatic rings. The molecule has 1 aliphatic heterocycles. The fourth-order valence-corrected chi connectivity index (χ4v) is 4.15. The van der Waals surface area contributed by atoms with Gasteiger partial charge >= 0.3 is 0 Å². The van der Waals surface area contributed by atoms with Crippen molar-refractivity contribution in [1.29, 1.82) is 0 Å². The number of unbranched alkanes of at least 4 members (excludes halogenated alkanes) is 1. The summed E-state index contributed by atoms with van der Waals surface area (Å²) in [6, 6.07) is 7.70. The van der Waals surface area contributed by atoms with Gasteiger partial charge in [-0.05, 0) is 59.1 Å². The molecular weight excluding hydrogens is 472 g/mol. The largest absolute Gasteiger partial charge is 0.471 e. The maximum atomic E-state index is 12.7. The zero-order valence-electron chi connectivity index (χ0n) is 23.7. The Morgan fingerprint density at radius 1 is 1.16 bits per heavy atom. The molecule has 0 aromatic heterocycles. The smallest absolute Gasteiger partial charge is 0.292 e. The number of ether oxygens (including phenoxy) is 1. The number of hydrogen-bond donors (Lipinski definition) is 3. The summed E-state index contributed by atoms with van der Waals surface area (Å²) in [7, 11) is 3.08. The predicted molar refractivity (Wildman–Crippen MR) is 147 cm³/mol. The molecule has 1 aromatic carbocycles. The lowest BCUT2D eigenvalue weighted by Crippen LogP contribution is -2.45. The van der Waals surface area contributed by atoms with Gasteiger partial charge in [-0.15, -0.1) is 0 Å². The first-order valence-electron chi connectivity index (χ1n) is 13.3. The van der Waals surface area contributed by atoms with Gasteiger partial charge in [0.2, 0.25) is 18.2 Å². The van der Waals surface area contributed by atoms with Crippen LogP contribution in [0.1, 0.15) is 77.3 Å². The quantitative estimate of drug-likeness (QED) is 0.272. The Labute approximate surface area is 223 Å². The molecule has 4 unspecified atom stereocenters. The summed E-state index contributed by atoms with van der Waals surface area (Å²) in [4.78, 5) is 46.9. The number of benzene rings is 1. The SMILES string of the molecule is CC.CNC(C)C(=O)NC(C)CCCCC1CCC(C(=O)NCc2cccc(C)c2)N1C=O.COC=O. The van der Waals surface area contributed by atoms with Gasteiger partial charge in [-0.25, -0.2) is 0 Å². The molecule has 1 saturated heterocycles. The molecule has 0 radical (unpaired) electrons. The standard InChI is InChI=1S/C24H38N4O3.C2H4O2.C2H6/c1-17-8-7-10-20(14-17)15-26-24(31)22-13-12-21(28(22)16-29)11-6-5-9-18(2)27-23(30)19(3)25-4;1-4-2-3;1-2/h7-8,10,14,16,18-19,21-22,25H,5-6,9,11-13,15H2,1-4H3,(H,26,31)(H,27,30);2H,1H3;1-2H3. The number of amides is 3. The summed E-state index contributed by atoms with van der Waals surface area (Å²) in [5.74, 6) is -0.0662. The van der Waals surface area contributed by atoms with Crippen molar-refractivity contribution in [1.82, 2.24) is 20.9 Å². The number of carbonyl (C=O) groups is 4. The Morgan fingerprint density at radius 2 is 1.84 bits per heavy atom. The Bertz CT molecular complexity index is 805. The van der Waals surface area contributed by atoms with Crippen LogP contribution in [0.25, 0.3) is 0 Å². The van der Waals surface area contributed by atoms with Gasteiger partial charge in [0.15, 0.2) is 0 Å². The highest BCUT2D eigenvalue weighted by Crippen LogP contribution is 2.27. The minimum atomic E-state index is -0.381. The van der Waals surface area contributed by atoms with E-state index in [0.717, 1.165) is 49.6 Å². The molecule has 4 atom stereocenters. The van der Waals surface area contributed by atoms with Crippen LogP contribution in [0.15, 0.2) is 24.3 Å². The molecule has 210 valence electrons. The zero-order chi connectivity index (χ0) is 28.2. The van der Waals surface area contributed by atoms with Gasteiger partial charge in [0, 0.05) is 18.6 Å². The lowest BCUT2D eigenvalue weighted by atomic mass is 10.0. The number of likely N-dealkylation sites (tertiary alicyclic amines) is 1. The maximum Gasteiger partial charge on any atom is 0.292 e. The maximum absolute atomic E-state index is 12.7. The van der Waals surface area contributed by atoms with Crippen LogP contribution in [-0.4, -0.2) is 67.9 Å². The number of rotatable bonds is 13. The van der Waals surface area contributed by atoms with E-state index in [0.29, 0.717) is 19.4 Å². The molecule has 9 heteroatoms. The molecule has 0 bridgehead atoms. The van der Waals surface area contributed by atoms with Crippen molar-refractivity contribution in [2.45, 2.75) is 104 Å². The third-order valence-electron chi connectivity index (χ3n) is 6.26. The van der Waals surface area contributed by atoms with Crippen LogP contribution in [0.3, 0.4) is 0 Å². The predicted octanol–water partition coefficient (Wildman–Crippen LogP) is 3.09. The molecule has 1 aromatic rings. The lowest BCUT2D eigenvalue weighted by molar-refractivity contribution is -0.132. The monoisotopic (exact) mass is 520 g/mol. The fraction of sp³-hybridized carbons (Fsp3) is 0.643. The van der Waals surface area contributed by atoms with E-state index in [1.165, 1.54) is 7.11 Å². The first kappa shape index (κ1) is 34.1. The second kappa shape index (κ2) is 20.2. The van der Waals surface area contributed by atoms with Crippen molar-refractivity contribution in [2.24, 2.45) is 0 Å². The van der Waals surface area contributed by atoms with E-state index in [1.807, 2.05) is 52.8 Å². The molecule has 1 heterocycles. The van der Waals surface area contributed by atoms with Gasteiger partial charge < -0.3 is 25.6 Å². The molecule has 3 amide bonds. The Balaban J connectivity index is 0.00000196. The summed E-state index contributed by atoms with van der Waals surface area (Å²) in [6.07, 6.45) is 6.11. The fourth-order valence-electron chi connectivity index (χ4n) is 4.15. The number of nitrogens with one attached hydrogen (secondary N) is 3. The number of nitrogens with zero attached hydrogens (tertiary/aromatic N) is 1.